The number of carbonyl (C=O) groups excluding carboxylic acids is 1. The van der Waals surface area contributed by atoms with Gasteiger partial charge in [-0.05, 0) is 43.2 Å². The molecule has 0 fully saturated rings. The first-order valence-electron chi connectivity index (χ1n) is 11.1. The molecule has 1 heterocycles. The molecule has 1 amide bonds. The number of benzene rings is 3. The standard InChI is InChI=1S/C27H28N2O5S/c1-18-9-10-19(2)20(13-18)17-35(31,32)26-15-29(23-8-6-5-7-22(23)26)16-27(30)28-21-11-12-24(33-3)25(14-21)34-4/h5-15H,16-17H2,1-4H3,(H,28,30). The number of carbonyl (C=O) groups is 1. The lowest BCUT2D eigenvalue weighted by Gasteiger charge is -2.11. The predicted octanol–water partition coefficient (Wildman–Crippen LogP) is 4.89. The number of nitrogens with one attached hydrogen (secondary N) is 1. The second kappa shape index (κ2) is 9.84. The van der Waals surface area contributed by atoms with Crippen LogP contribution >= 0.6 is 0 Å². The number of hydrogen-bond acceptors (Lipinski definition) is 5. The van der Waals surface area contributed by atoms with E-state index in [2.05, 4.69) is 5.32 Å². The monoisotopic (exact) mass is 492 g/mol. The summed E-state index contributed by atoms with van der Waals surface area (Å²) in [7, 11) is -0.588. The molecule has 1 N–H and O–H groups in total. The second-order valence-electron chi connectivity index (χ2n) is 8.45. The van der Waals surface area contributed by atoms with Crippen molar-refractivity contribution in [3.8, 4) is 11.5 Å². The number of amides is 1. The summed E-state index contributed by atoms with van der Waals surface area (Å²) in [5.74, 6) is 0.653. The van der Waals surface area contributed by atoms with Crippen LogP contribution in [0.15, 0.2) is 71.8 Å². The molecular weight excluding hydrogens is 464 g/mol. The SMILES string of the molecule is COc1ccc(NC(=O)Cn2cc(S(=O)(=O)Cc3cc(C)ccc3C)c3ccccc32)cc1OC. The Hall–Kier alpha value is -3.78. The average molecular weight is 493 g/mol. The summed E-state index contributed by atoms with van der Waals surface area (Å²) >= 11 is 0. The molecule has 0 bridgehead atoms. The van der Waals surface area contributed by atoms with Gasteiger partial charge in [0.05, 0.1) is 24.9 Å². The molecule has 0 saturated heterocycles. The minimum Gasteiger partial charge on any atom is -0.493 e. The van der Waals surface area contributed by atoms with Gasteiger partial charge in [0.1, 0.15) is 6.54 Å². The minimum absolute atomic E-state index is 0.0478. The van der Waals surface area contributed by atoms with Crippen molar-refractivity contribution in [2.24, 2.45) is 0 Å². The fourth-order valence-corrected chi connectivity index (χ4v) is 5.77. The number of ether oxygens (including phenoxy) is 2. The lowest BCUT2D eigenvalue weighted by molar-refractivity contribution is -0.116. The number of fused-ring (bicyclic) bond motifs is 1. The third-order valence-electron chi connectivity index (χ3n) is 5.92. The van der Waals surface area contributed by atoms with E-state index in [4.69, 9.17) is 9.47 Å². The Morgan fingerprint density at radius 3 is 2.43 bits per heavy atom. The maximum absolute atomic E-state index is 13.5. The third kappa shape index (κ3) is 5.17. The summed E-state index contributed by atoms with van der Waals surface area (Å²) in [5.41, 5.74) is 3.93. The van der Waals surface area contributed by atoms with Crippen molar-refractivity contribution in [1.82, 2.24) is 4.57 Å². The van der Waals surface area contributed by atoms with Gasteiger partial charge < -0.3 is 19.4 Å². The lowest BCUT2D eigenvalue weighted by atomic mass is 10.1. The fraction of sp³-hybridized carbons (Fsp3) is 0.222. The fourth-order valence-electron chi connectivity index (χ4n) is 4.10. The van der Waals surface area contributed by atoms with Crippen LogP contribution in [0, 0.1) is 13.8 Å². The van der Waals surface area contributed by atoms with Crippen LogP contribution in [0.5, 0.6) is 11.5 Å². The highest BCUT2D eigenvalue weighted by Gasteiger charge is 2.23. The van der Waals surface area contributed by atoms with Gasteiger partial charge in [-0.15, -0.1) is 0 Å². The van der Waals surface area contributed by atoms with Gasteiger partial charge in [-0.1, -0.05) is 42.0 Å². The third-order valence-corrected chi connectivity index (χ3v) is 7.60. The summed E-state index contributed by atoms with van der Waals surface area (Å²) in [4.78, 5) is 13.1. The normalized spacial score (nSPS) is 11.4. The molecule has 0 unspecified atom stereocenters. The Bertz CT molecular complexity index is 1510. The van der Waals surface area contributed by atoms with Crippen molar-refractivity contribution in [3.63, 3.8) is 0 Å². The van der Waals surface area contributed by atoms with Gasteiger partial charge in [-0.25, -0.2) is 8.42 Å². The van der Waals surface area contributed by atoms with Crippen molar-refractivity contribution in [1.29, 1.82) is 0 Å². The molecule has 182 valence electrons. The lowest BCUT2D eigenvalue weighted by Crippen LogP contribution is -2.18. The first kappa shape index (κ1) is 24.3. The highest BCUT2D eigenvalue weighted by atomic mass is 32.2. The molecule has 8 heteroatoms. The van der Waals surface area contributed by atoms with E-state index in [0.29, 0.717) is 28.1 Å². The maximum atomic E-state index is 13.5. The van der Waals surface area contributed by atoms with Crippen molar-refractivity contribution in [3.05, 3.63) is 83.6 Å². The van der Waals surface area contributed by atoms with Crippen LogP contribution in [0.25, 0.3) is 10.9 Å². The summed E-state index contributed by atoms with van der Waals surface area (Å²) in [6, 6.07) is 18.1. The quantitative estimate of drug-likeness (QED) is 0.379. The van der Waals surface area contributed by atoms with Crippen molar-refractivity contribution < 1.29 is 22.7 Å². The Labute approximate surface area is 205 Å². The topological polar surface area (TPSA) is 86.6 Å². The van der Waals surface area contributed by atoms with Crippen LogP contribution in [0.2, 0.25) is 0 Å². The molecule has 0 spiro atoms. The van der Waals surface area contributed by atoms with E-state index < -0.39 is 9.84 Å². The first-order valence-corrected chi connectivity index (χ1v) is 12.8. The zero-order valence-electron chi connectivity index (χ0n) is 20.2. The van der Waals surface area contributed by atoms with Gasteiger partial charge >= 0.3 is 0 Å². The number of hydrogen-bond donors (Lipinski definition) is 1. The molecule has 3 aromatic carbocycles. The van der Waals surface area contributed by atoms with Gasteiger partial charge in [0.25, 0.3) is 0 Å². The van der Waals surface area contributed by atoms with E-state index >= 15 is 0 Å². The number of methoxy groups -OCH3 is 2. The van der Waals surface area contributed by atoms with Gasteiger partial charge in [-0.2, -0.15) is 0 Å². The number of sulfone groups is 1. The van der Waals surface area contributed by atoms with Crippen LogP contribution in [-0.2, 0) is 26.9 Å². The summed E-state index contributed by atoms with van der Waals surface area (Å²) in [5, 5.41) is 3.43. The van der Waals surface area contributed by atoms with Crippen molar-refractivity contribution in [2.45, 2.75) is 31.0 Å². The van der Waals surface area contributed by atoms with E-state index in [1.54, 1.807) is 48.2 Å². The van der Waals surface area contributed by atoms with Crippen LogP contribution in [0.1, 0.15) is 16.7 Å². The van der Waals surface area contributed by atoms with E-state index in [0.717, 1.165) is 16.7 Å². The van der Waals surface area contributed by atoms with Crippen LogP contribution in [-0.4, -0.2) is 33.1 Å². The molecule has 0 radical (unpaired) electrons. The highest BCUT2D eigenvalue weighted by Crippen LogP contribution is 2.31. The van der Waals surface area contributed by atoms with Crippen LogP contribution in [0.4, 0.5) is 5.69 Å². The van der Waals surface area contributed by atoms with Crippen LogP contribution in [0.3, 0.4) is 0 Å². The number of nitrogens with zero attached hydrogens (tertiary/aromatic N) is 1. The Kier molecular flexibility index (Phi) is 6.84. The molecule has 0 aliphatic heterocycles. The van der Waals surface area contributed by atoms with Gasteiger partial charge in [0, 0.05) is 28.9 Å². The largest absolute Gasteiger partial charge is 0.493 e. The van der Waals surface area contributed by atoms with Gasteiger partial charge in [-0.3, -0.25) is 4.79 Å². The molecule has 4 rings (SSSR count). The molecule has 0 aliphatic rings. The highest BCUT2D eigenvalue weighted by molar-refractivity contribution is 7.90. The summed E-state index contributed by atoms with van der Waals surface area (Å²) in [6.07, 6.45) is 1.55. The number of aryl methyl sites for hydroxylation is 2. The summed E-state index contributed by atoms with van der Waals surface area (Å²) in [6.45, 7) is 3.80. The molecular formula is C27H28N2O5S. The van der Waals surface area contributed by atoms with E-state index in [1.165, 1.54) is 7.11 Å². The van der Waals surface area contributed by atoms with Gasteiger partial charge in [0.2, 0.25) is 5.91 Å². The number of anilines is 1. The van der Waals surface area contributed by atoms with Crippen molar-refractivity contribution in [2.75, 3.05) is 19.5 Å². The number of para-hydroxylation sites is 1. The number of rotatable bonds is 8. The van der Waals surface area contributed by atoms with E-state index in [1.807, 2.05) is 44.2 Å². The average Bonchev–Trinajstić information content (AvgIpc) is 3.20. The zero-order valence-corrected chi connectivity index (χ0v) is 21.0. The second-order valence-corrected chi connectivity index (χ2v) is 10.4. The molecule has 0 saturated carbocycles. The Morgan fingerprint density at radius 1 is 0.943 bits per heavy atom. The predicted molar refractivity (Wildman–Crippen MR) is 137 cm³/mol. The molecule has 7 nitrogen and oxygen atoms in total. The van der Waals surface area contributed by atoms with Crippen LogP contribution < -0.4 is 14.8 Å². The van der Waals surface area contributed by atoms with E-state index in [-0.39, 0.29) is 23.1 Å². The van der Waals surface area contributed by atoms with Gasteiger partial charge in [0.15, 0.2) is 21.3 Å². The molecule has 35 heavy (non-hydrogen) atoms. The maximum Gasteiger partial charge on any atom is 0.244 e. The number of aromatic nitrogens is 1. The molecule has 0 atom stereocenters. The zero-order chi connectivity index (χ0) is 25.2. The minimum atomic E-state index is -3.65. The first-order chi connectivity index (χ1) is 16.7. The Morgan fingerprint density at radius 2 is 1.69 bits per heavy atom. The Balaban J connectivity index is 1.63. The molecule has 0 aliphatic carbocycles. The molecule has 4 aromatic rings. The van der Waals surface area contributed by atoms with E-state index in [9.17, 15) is 13.2 Å². The summed E-state index contributed by atoms with van der Waals surface area (Å²) < 4.78 is 39.1. The van der Waals surface area contributed by atoms with Crippen molar-refractivity contribution >= 4 is 32.3 Å². The smallest absolute Gasteiger partial charge is 0.244 e. The molecule has 1 aromatic heterocycles.